The Labute approximate surface area is 192 Å². The lowest BCUT2D eigenvalue weighted by molar-refractivity contribution is -0.146. The zero-order chi connectivity index (χ0) is 24.3. The van der Waals surface area contributed by atoms with E-state index >= 15 is 4.39 Å². The van der Waals surface area contributed by atoms with E-state index in [4.69, 9.17) is 4.74 Å². The Kier molecular flexibility index (Phi) is 7.04. The molecule has 2 atom stereocenters. The first-order valence-corrected chi connectivity index (χ1v) is 13.0. The van der Waals surface area contributed by atoms with Gasteiger partial charge in [0.1, 0.15) is 0 Å². The fourth-order valence-corrected chi connectivity index (χ4v) is 8.52. The molecule has 0 bridgehead atoms. The van der Waals surface area contributed by atoms with Crippen LogP contribution < -0.4 is 0 Å². The van der Waals surface area contributed by atoms with Crippen LogP contribution in [0.15, 0.2) is 101 Å². The number of carbonyl (C=O) groups excluding carboxylic acids is 1. The van der Waals surface area contributed by atoms with E-state index in [9.17, 15) is 21.6 Å². The minimum Gasteiger partial charge on any atom is -0.469 e. The Bertz CT molecular complexity index is 1240. The number of rotatable bonds is 8. The fourth-order valence-electron chi connectivity index (χ4n) is 3.77. The number of sulfone groups is 2. The van der Waals surface area contributed by atoms with Gasteiger partial charge in [0, 0.05) is 0 Å². The molecule has 33 heavy (non-hydrogen) atoms. The molecule has 0 N–H and O–H groups in total. The van der Waals surface area contributed by atoms with Gasteiger partial charge in [0.15, 0.2) is 0 Å². The van der Waals surface area contributed by atoms with Gasteiger partial charge in [-0.3, -0.25) is 4.79 Å². The highest BCUT2D eigenvalue weighted by Gasteiger charge is 2.65. The number of alkyl halides is 1. The zero-order valence-corrected chi connectivity index (χ0v) is 19.6. The topological polar surface area (TPSA) is 94.6 Å². The smallest absolute Gasteiger partial charge is 0.325 e. The average molecular weight is 491 g/mol. The van der Waals surface area contributed by atoms with E-state index in [2.05, 4.69) is 0 Å². The number of esters is 1. The summed E-state index contributed by atoms with van der Waals surface area (Å²) in [6, 6.07) is 20.4. The summed E-state index contributed by atoms with van der Waals surface area (Å²) in [5.41, 5.74) is 0.0249. The van der Waals surface area contributed by atoms with E-state index < -0.39 is 51.6 Å². The van der Waals surface area contributed by atoms with Crippen LogP contribution in [0.5, 0.6) is 0 Å². The summed E-state index contributed by atoms with van der Waals surface area (Å²) in [5, 5.41) is 0. The number of hydrogen-bond donors (Lipinski definition) is 0. The molecule has 3 aromatic rings. The summed E-state index contributed by atoms with van der Waals surface area (Å²) in [6.07, 6.45) is 0. The number of carbonyl (C=O) groups is 1. The second kappa shape index (κ2) is 9.44. The van der Waals surface area contributed by atoms with Gasteiger partial charge >= 0.3 is 10.3 Å². The number of halogens is 1. The molecule has 0 saturated heterocycles. The van der Waals surface area contributed by atoms with Crippen molar-refractivity contribution in [3.8, 4) is 0 Å². The molecule has 0 aromatic heterocycles. The molecule has 0 saturated carbocycles. The van der Waals surface area contributed by atoms with Gasteiger partial charge in [-0.1, -0.05) is 73.7 Å². The summed E-state index contributed by atoms with van der Waals surface area (Å²) >= 11 is 0. The standard InChI is InChI=1S/C24H23FO6S2/c1-18(23(26)31-2)22(19-12-6-3-7-13-19)24(25,32(27,28)20-14-8-4-9-15-20)33(29,30)21-16-10-5-11-17-21/h3-18,22H,1-2H3/t18-,22-/m0/s1. The van der Waals surface area contributed by atoms with E-state index in [0.717, 1.165) is 31.4 Å². The summed E-state index contributed by atoms with van der Waals surface area (Å²) < 4.78 is 73.4. The molecule has 3 aromatic carbocycles. The molecule has 174 valence electrons. The lowest BCUT2D eigenvalue weighted by atomic mass is 9.88. The molecule has 0 heterocycles. The van der Waals surface area contributed by atoms with Gasteiger partial charge in [0.2, 0.25) is 19.7 Å². The van der Waals surface area contributed by atoms with Crippen LogP contribution in [0.25, 0.3) is 0 Å². The second-order valence-electron chi connectivity index (χ2n) is 7.42. The van der Waals surface area contributed by atoms with Crippen molar-refractivity contribution in [3.63, 3.8) is 0 Å². The molecular formula is C24H23FO6S2. The lowest BCUT2D eigenvalue weighted by Gasteiger charge is -2.35. The van der Waals surface area contributed by atoms with Gasteiger partial charge in [-0.05, 0) is 29.8 Å². The fraction of sp³-hybridized carbons (Fsp3) is 0.208. The summed E-state index contributed by atoms with van der Waals surface area (Å²) in [4.78, 5) is 11.5. The van der Waals surface area contributed by atoms with Crippen molar-refractivity contribution in [1.82, 2.24) is 0 Å². The van der Waals surface area contributed by atoms with Crippen LogP contribution in [-0.4, -0.2) is 34.2 Å². The van der Waals surface area contributed by atoms with Crippen molar-refractivity contribution in [2.24, 2.45) is 5.92 Å². The molecule has 0 unspecified atom stereocenters. The molecule has 0 aliphatic rings. The second-order valence-corrected chi connectivity index (χ2v) is 11.8. The highest BCUT2D eigenvalue weighted by molar-refractivity contribution is 8.10. The van der Waals surface area contributed by atoms with Crippen molar-refractivity contribution < 1.29 is 30.8 Å². The molecule has 0 spiro atoms. The van der Waals surface area contributed by atoms with Gasteiger partial charge < -0.3 is 4.74 Å². The zero-order valence-electron chi connectivity index (χ0n) is 18.0. The summed E-state index contributed by atoms with van der Waals surface area (Å²) in [7, 11) is -9.34. The molecule has 0 radical (unpaired) electrons. The summed E-state index contributed by atoms with van der Waals surface area (Å²) in [5.74, 6) is -4.33. The predicted octanol–water partition coefficient (Wildman–Crippen LogP) is 4.15. The third-order valence-corrected chi connectivity index (χ3v) is 10.5. The van der Waals surface area contributed by atoms with Crippen LogP contribution in [0.4, 0.5) is 4.39 Å². The maximum absolute atomic E-state index is 17.4. The van der Waals surface area contributed by atoms with Crippen LogP contribution >= 0.6 is 0 Å². The van der Waals surface area contributed by atoms with Gasteiger partial charge in [-0.15, -0.1) is 0 Å². The molecule has 0 amide bonds. The van der Waals surface area contributed by atoms with E-state index in [0.29, 0.717) is 0 Å². The molecule has 3 rings (SSSR count). The van der Waals surface area contributed by atoms with Gasteiger partial charge in [-0.25, -0.2) is 21.2 Å². The normalized spacial score (nSPS) is 14.3. The largest absolute Gasteiger partial charge is 0.469 e. The molecule has 0 aliphatic heterocycles. The average Bonchev–Trinajstić information content (AvgIpc) is 2.85. The third-order valence-electron chi connectivity index (χ3n) is 5.44. The van der Waals surface area contributed by atoms with Crippen LogP contribution in [0, 0.1) is 5.92 Å². The van der Waals surface area contributed by atoms with E-state index in [1.807, 2.05) is 0 Å². The first-order chi connectivity index (χ1) is 15.6. The summed E-state index contributed by atoms with van der Waals surface area (Å²) in [6.45, 7) is 1.25. The maximum atomic E-state index is 17.4. The Hall–Kier alpha value is -3.04. The molecule has 9 heteroatoms. The minimum absolute atomic E-state index is 0.0249. The van der Waals surface area contributed by atoms with Crippen molar-refractivity contribution >= 4 is 25.6 Å². The van der Waals surface area contributed by atoms with Gasteiger partial charge in [-0.2, -0.15) is 0 Å². The third kappa shape index (κ3) is 4.18. The van der Waals surface area contributed by atoms with Gasteiger partial charge in [0.25, 0.3) is 0 Å². The van der Waals surface area contributed by atoms with Crippen LogP contribution in [0.1, 0.15) is 18.4 Å². The van der Waals surface area contributed by atoms with Crippen LogP contribution in [0.2, 0.25) is 0 Å². The number of hydrogen-bond acceptors (Lipinski definition) is 6. The molecule has 0 fully saturated rings. The first kappa shape index (κ1) is 24.6. The van der Waals surface area contributed by atoms with Crippen LogP contribution in [-0.2, 0) is 29.2 Å². The van der Waals surface area contributed by atoms with E-state index in [-0.39, 0.29) is 5.56 Å². The highest BCUT2D eigenvalue weighted by atomic mass is 32.3. The maximum Gasteiger partial charge on any atom is 0.325 e. The Balaban J connectivity index is 2.45. The molecule has 0 aliphatic carbocycles. The number of ether oxygens (including phenoxy) is 1. The Morgan fingerprint density at radius 1 is 0.758 bits per heavy atom. The molecular weight excluding hydrogens is 467 g/mol. The first-order valence-electron chi connectivity index (χ1n) is 10.00. The molecule has 6 nitrogen and oxygen atoms in total. The number of methoxy groups -OCH3 is 1. The lowest BCUT2D eigenvalue weighted by Crippen LogP contribution is -2.50. The number of benzene rings is 3. The monoisotopic (exact) mass is 490 g/mol. The highest BCUT2D eigenvalue weighted by Crippen LogP contribution is 2.50. The van der Waals surface area contributed by atoms with Crippen molar-refractivity contribution in [3.05, 3.63) is 96.6 Å². The van der Waals surface area contributed by atoms with Crippen molar-refractivity contribution in [2.45, 2.75) is 27.0 Å². The van der Waals surface area contributed by atoms with E-state index in [1.54, 1.807) is 6.07 Å². The van der Waals surface area contributed by atoms with Crippen molar-refractivity contribution in [1.29, 1.82) is 0 Å². The van der Waals surface area contributed by atoms with Crippen LogP contribution in [0.3, 0.4) is 0 Å². The Morgan fingerprint density at radius 3 is 1.48 bits per heavy atom. The van der Waals surface area contributed by atoms with Gasteiger partial charge in [0.05, 0.1) is 28.7 Å². The predicted molar refractivity (Wildman–Crippen MR) is 121 cm³/mol. The van der Waals surface area contributed by atoms with E-state index in [1.165, 1.54) is 67.6 Å². The Morgan fingerprint density at radius 2 is 1.12 bits per heavy atom. The quantitative estimate of drug-likeness (QED) is 0.440. The SMILES string of the molecule is COC(=O)[C@@H](C)[C@@H](c1ccccc1)C(F)(S(=O)(=O)c1ccccc1)S(=O)(=O)c1ccccc1. The minimum atomic E-state index is -5.20. The van der Waals surface area contributed by atoms with Crippen molar-refractivity contribution in [2.75, 3.05) is 7.11 Å².